The Morgan fingerprint density at radius 3 is 1.48 bits per heavy atom. The molecule has 0 bridgehead atoms. The van der Waals surface area contributed by atoms with Crippen molar-refractivity contribution in [3.8, 4) is 0 Å². The summed E-state index contributed by atoms with van der Waals surface area (Å²) in [4.78, 5) is 0. The summed E-state index contributed by atoms with van der Waals surface area (Å²) in [6, 6.07) is 6.61. The van der Waals surface area contributed by atoms with Crippen molar-refractivity contribution in [1.82, 2.24) is 0 Å². The van der Waals surface area contributed by atoms with E-state index in [0.29, 0.717) is 19.5 Å². The first-order valence-electron chi connectivity index (χ1n) is 8.74. The molecule has 4 radical (unpaired) electrons. The fourth-order valence-electron chi connectivity index (χ4n) is 2.21. The molecule has 140 valence electrons. The topological polar surface area (TPSA) is 18.5 Å². The molecule has 0 atom stereocenters. The first-order valence-corrected chi connectivity index (χ1v) is 11.6. The third-order valence-electron chi connectivity index (χ3n) is 3.50. The molecule has 1 aromatic rings. The Labute approximate surface area is 173 Å². The van der Waals surface area contributed by atoms with Gasteiger partial charge < -0.3 is 8.85 Å². The molecular weight excluding hydrogens is 455 g/mol. The SMILES string of the molecule is CC(C)(C)[Si]OC(C)(C)c1ccc(I)cc1C(C)(C)O[Si]C(C)(C)C. The summed E-state index contributed by atoms with van der Waals surface area (Å²) in [5.41, 5.74) is 1.73. The van der Waals surface area contributed by atoms with Gasteiger partial charge in [0.1, 0.15) is 0 Å². The number of hydrogen-bond acceptors (Lipinski definition) is 2. The van der Waals surface area contributed by atoms with Gasteiger partial charge in [0.15, 0.2) is 0 Å². The minimum absolute atomic E-state index is 0.166. The van der Waals surface area contributed by atoms with Crippen LogP contribution in [0.15, 0.2) is 18.2 Å². The zero-order chi connectivity index (χ0) is 19.7. The molecule has 0 fully saturated rings. The summed E-state index contributed by atoms with van der Waals surface area (Å²) >= 11 is 2.38. The first-order chi connectivity index (χ1) is 11.0. The molecule has 0 heterocycles. The monoisotopic (exact) mass is 488 g/mol. The number of hydrogen-bond donors (Lipinski definition) is 0. The summed E-state index contributed by atoms with van der Waals surface area (Å²) in [6.07, 6.45) is 0. The van der Waals surface area contributed by atoms with Crippen LogP contribution in [0.5, 0.6) is 0 Å². The number of benzene rings is 1. The van der Waals surface area contributed by atoms with Gasteiger partial charge in [0.25, 0.3) is 0 Å². The van der Waals surface area contributed by atoms with E-state index >= 15 is 0 Å². The van der Waals surface area contributed by atoms with E-state index in [1.165, 1.54) is 14.7 Å². The van der Waals surface area contributed by atoms with Gasteiger partial charge in [0, 0.05) is 3.57 Å². The number of halogens is 1. The largest absolute Gasteiger partial charge is 0.408 e. The molecular formula is C20H33IO2Si2. The average Bonchev–Trinajstić information content (AvgIpc) is 2.42. The van der Waals surface area contributed by atoms with E-state index in [1.807, 2.05) is 0 Å². The second-order valence-corrected chi connectivity index (χ2v) is 14.7. The normalized spacial score (nSPS) is 14.0. The van der Waals surface area contributed by atoms with Crippen molar-refractivity contribution < 1.29 is 8.85 Å². The van der Waals surface area contributed by atoms with E-state index in [1.54, 1.807) is 0 Å². The standard InChI is InChI=1S/C20H33IO2Si2/c1-17(2,3)24-22-19(7,8)15-12-11-14(21)13-16(15)20(9,10)23-25-18(4,5)6/h11-13H,1-10H3. The van der Waals surface area contributed by atoms with Gasteiger partial charge in [-0.15, -0.1) is 0 Å². The predicted molar refractivity (Wildman–Crippen MR) is 118 cm³/mol. The molecule has 5 heteroatoms. The molecule has 2 nitrogen and oxygen atoms in total. The second kappa shape index (κ2) is 8.13. The lowest BCUT2D eigenvalue weighted by molar-refractivity contribution is 0.0829. The highest BCUT2D eigenvalue weighted by Gasteiger charge is 2.34. The Hall–Kier alpha value is 0.304. The fraction of sp³-hybridized carbons (Fsp3) is 0.700. The van der Waals surface area contributed by atoms with Crippen LogP contribution in [0.1, 0.15) is 80.4 Å². The molecule has 0 saturated heterocycles. The van der Waals surface area contributed by atoms with E-state index < -0.39 is 0 Å². The van der Waals surface area contributed by atoms with Gasteiger partial charge in [-0.2, -0.15) is 0 Å². The lowest BCUT2D eigenvalue weighted by Gasteiger charge is -2.37. The van der Waals surface area contributed by atoms with Crippen LogP contribution in [-0.2, 0) is 20.1 Å². The van der Waals surface area contributed by atoms with Gasteiger partial charge in [-0.1, -0.05) is 47.6 Å². The highest BCUT2D eigenvalue weighted by atomic mass is 127. The first kappa shape index (κ1) is 23.3. The van der Waals surface area contributed by atoms with E-state index in [9.17, 15) is 0 Å². The fourth-order valence-corrected chi connectivity index (χ4v) is 4.04. The van der Waals surface area contributed by atoms with Gasteiger partial charge in [0.2, 0.25) is 19.5 Å². The van der Waals surface area contributed by atoms with Crippen molar-refractivity contribution in [3.63, 3.8) is 0 Å². The summed E-state index contributed by atoms with van der Waals surface area (Å²) in [5.74, 6) is 0. The Kier molecular flexibility index (Phi) is 7.59. The van der Waals surface area contributed by atoms with Gasteiger partial charge in [-0.25, -0.2) is 0 Å². The van der Waals surface area contributed by atoms with Crippen molar-refractivity contribution in [3.05, 3.63) is 32.9 Å². The molecule has 0 amide bonds. The molecule has 0 unspecified atom stereocenters. The summed E-state index contributed by atoms with van der Waals surface area (Å²) in [7, 11) is 0.892. The van der Waals surface area contributed by atoms with Crippen LogP contribution in [0, 0.1) is 3.57 Å². The van der Waals surface area contributed by atoms with Crippen LogP contribution in [-0.4, -0.2) is 19.5 Å². The highest BCUT2D eigenvalue weighted by molar-refractivity contribution is 14.1. The van der Waals surface area contributed by atoms with Crippen molar-refractivity contribution in [2.45, 2.75) is 90.5 Å². The van der Waals surface area contributed by atoms with Crippen LogP contribution in [0.2, 0.25) is 10.1 Å². The molecule has 0 spiro atoms. The van der Waals surface area contributed by atoms with Crippen LogP contribution in [0.3, 0.4) is 0 Å². The average molecular weight is 489 g/mol. The molecule has 0 aliphatic carbocycles. The zero-order valence-corrected chi connectivity index (χ0v) is 21.6. The number of rotatable bonds is 6. The van der Waals surface area contributed by atoms with Crippen LogP contribution >= 0.6 is 22.6 Å². The maximum absolute atomic E-state index is 6.39. The molecule has 1 aromatic carbocycles. The van der Waals surface area contributed by atoms with Crippen molar-refractivity contribution in [1.29, 1.82) is 0 Å². The Morgan fingerprint density at radius 2 is 1.08 bits per heavy atom. The third-order valence-corrected chi connectivity index (χ3v) is 6.62. The maximum Gasteiger partial charge on any atom is 0.236 e. The van der Waals surface area contributed by atoms with Crippen molar-refractivity contribution in [2.75, 3.05) is 0 Å². The molecule has 0 aliphatic rings. The zero-order valence-electron chi connectivity index (χ0n) is 17.4. The van der Waals surface area contributed by atoms with Gasteiger partial charge in [0.05, 0.1) is 11.2 Å². The molecule has 25 heavy (non-hydrogen) atoms. The molecule has 0 aliphatic heterocycles. The predicted octanol–water partition coefficient (Wildman–Crippen LogP) is 6.47. The minimum Gasteiger partial charge on any atom is -0.408 e. The van der Waals surface area contributed by atoms with Crippen molar-refractivity contribution >= 4 is 42.1 Å². The maximum atomic E-state index is 6.39. The Bertz CT molecular complexity index is 584. The quantitative estimate of drug-likeness (QED) is 0.338. The summed E-state index contributed by atoms with van der Waals surface area (Å²) in [5, 5.41) is 0.333. The van der Waals surface area contributed by atoms with Crippen LogP contribution in [0.4, 0.5) is 0 Å². The highest BCUT2D eigenvalue weighted by Crippen LogP contribution is 2.38. The smallest absolute Gasteiger partial charge is 0.236 e. The third kappa shape index (κ3) is 7.83. The Morgan fingerprint density at radius 1 is 0.680 bits per heavy atom. The minimum atomic E-state index is -0.353. The molecule has 1 rings (SSSR count). The summed E-state index contributed by atoms with van der Waals surface area (Å²) < 4.78 is 14.0. The van der Waals surface area contributed by atoms with Gasteiger partial charge >= 0.3 is 0 Å². The Balaban J connectivity index is 3.21. The molecule has 0 saturated carbocycles. The van der Waals surface area contributed by atoms with Gasteiger partial charge in [-0.05, 0) is 83.6 Å². The lowest BCUT2D eigenvalue weighted by Crippen LogP contribution is -2.34. The van der Waals surface area contributed by atoms with Crippen LogP contribution < -0.4 is 0 Å². The second-order valence-electron chi connectivity index (χ2n) is 9.62. The van der Waals surface area contributed by atoms with E-state index in [4.69, 9.17) is 8.85 Å². The molecule has 0 N–H and O–H groups in total. The van der Waals surface area contributed by atoms with E-state index in [2.05, 4.69) is 110 Å². The van der Waals surface area contributed by atoms with Crippen LogP contribution in [0.25, 0.3) is 0 Å². The lowest BCUT2D eigenvalue weighted by atomic mass is 9.86. The summed E-state index contributed by atoms with van der Waals surface area (Å²) in [6.45, 7) is 22.0. The molecule has 0 aromatic heterocycles. The van der Waals surface area contributed by atoms with Crippen molar-refractivity contribution in [2.24, 2.45) is 0 Å². The van der Waals surface area contributed by atoms with Gasteiger partial charge in [-0.3, -0.25) is 0 Å². The van der Waals surface area contributed by atoms with E-state index in [-0.39, 0.29) is 21.3 Å². The van der Waals surface area contributed by atoms with E-state index in [0.717, 1.165) is 0 Å².